The van der Waals surface area contributed by atoms with Gasteiger partial charge in [-0.25, -0.2) is 0 Å². The Morgan fingerprint density at radius 2 is 2.33 bits per heavy atom. The van der Waals surface area contributed by atoms with Gasteiger partial charge in [0.05, 0.1) is 4.34 Å². The van der Waals surface area contributed by atoms with Crippen molar-refractivity contribution in [3.05, 3.63) is 21.3 Å². The van der Waals surface area contributed by atoms with Crippen LogP contribution in [0.2, 0.25) is 4.34 Å². The van der Waals surface area contributed by atoms with Crippen molar-refractivity contribution in [2.24, 2.45) is 5.92 Å². The maximum atomic E-state index is 6.27. The first-order valence-corrected chi connectivity index (χ1v) is 6.89. The summed E-state index contributed by atoms with van der Waals surface area (Å²) in [7, 11) is 0. The van der Waals surface area contributed by atoms with E-state index >= 15 is 0 Å². The lowest BCUT2D eigenvalue weighted by Gasteiger charge is -2.33. The van der Waals surface area contributed by atoms with E-state index in [0.717, 1.165) is 24.0 Å². The molecule has 1 aromatic rings. The summed E-state index contributed by atoms with van der Waals surface area (Å²) in [5.74, 6) is 0.648. The first-order chi connectivity index (χ1) is 7.15. The Hall–Kier alpha value is 0.240. The molecule has 0 N–H and O–H groups in total. The maximum Gasteiger partial charge on any atom is 0.0931 e. The molecule has 1 aliphatic heterocycles. The van der Waals surface area contributed by atoms with Crippen molar-refractivity contribution in [2.45, 2.75) is 25.3 Å². The Kier molecular flexibility index (Phi) is 3.94. The minimum absolute atomic E-state index is 0.300. The second-order valence-corrected chi connectivity index (χ2v) is 6.58. The Balaban J connectivity index is 1.90. The van der Waals surface area contributed by atoms with Crippen LogP contribution in [0.3, 0.4) is 0 Å². The first-order valence-electron chi connectivity index (χ1n) is 5.26. The summed E-state index contributed by atoms with van der Waals surface area (Å²) in [6.07, 6.45) is 1.20. The lowest BCUT2D eigenvalue weighted by atomic mass is 9.99. The third-order valence-electron chi connectivity index (χ3n) is 2.96. The average molecular weight is 264 g/mol. The van der Waals surface area contributed by atoms with E-state index in [9.17, 15) is 0 Å². The quantitative estimate of drug-likeness (QED) is 0.733. The molecule has 1 fully saturated rings. The maximum absolute atomic E-state index is 6.27. The van der Waals surface area contributed by atoms with Crippen LogP contribution in [0.25, 0.3) is 0 Å². The van der Waals surface area contributed by atoms with Crippen LogP contribution in [0.5, 0.6) is 0 Å². The summed E-state index contributed by atoms with van der Waals surface area (Å²) in [5.41, 5.74) is 0. The van der Waals surface area contributed by atoms with Crippen LogP contribution < -0.4 is 0 Å². The summed E-state index contributed by atoms with van der Waals surface area (Å²) in [6, 6.07) is 4.07. The molecule has 2 heterocycles. The zero-order chi connectivity index (χ0) is 10.8. The largest absolute Gasteiger partial charge is 0.297 e. The molecule has 1 saturated heterocycles. The van der Waals surface area contributed by atoms with Gasteiger partial charge in [-0.15, -0.1) is 22.9 Å². The lowest BCUT2D eigenvalue weighted by Crippen LogP contribution is -2.39. The predicted octanol–water partition coefficient (Wildman–Crippen LogP) is 3.85. The second kappa shape index (κ2) is 5.05. The van der Waals surface area contributed by atoms with Gasteiger partial charge >= 0.3 is 0 Å². The first kappa shape index (κ1) is 11.7. The second-order valence-electron chi connectivity index (χ2n) is 4.22. The molecule has 0 bridgehead atoms. The molecule has 0 amide bonds. The van der Waals surface area contributed by atoms with Crippen molar-refractivity contribution >= 4 is 34.5 Å². The van der Waals surface area contributed by atoms with Gasteiger partial charge in [0, 0.05) is 23.3 Å². The van der Waals surface area contributed by atoms with Crippen LogP contribution in [0.4, 0.5) is 0 Å². The number of halogens is 2. The molecule has 4 heteroatoms. The minimum atomic E-state index is 0.300. The monoisotopic (exact) mass is 263 g/mol. The molecule has 84 valence electrons. The molecule has 0 aliphatic carbocycles. The van der Waals surface area contributed by atoms with E-state index in [0.29, 0.717) is 11.3 Å². The molecular formula is C11H15Cl2NS. The average Bonchev–Trinajstić information content (AvgIpc) is 2.58. The zero-order valence-corrected chi connectivity index (χ0v) is 11.1. The summed E-state index contributed by atoms with van der Waals surface area (Å²) >= 11 is 13.8. The molecule has 1 nitrogen and oxygen atoms in total. The smallest absolute Gasteiger partial charge is 0.0931 e. The Bertz CT molecular complexity index is 326. The van der Waals surface area contributed by atoms with Gasteiger partial charge < -0.3 is 0 Å². The third kappa shape index (κ3) is 3.10. The topological polar surface area (TPSA) is 3.24 Å². The Morgan fingerprint density at radius 1 is 1.53 bits per heavy atom. The van der Waals surface area contributed by atoms with Gasteiger partial charge in [0.25, 0.3) is 0 Å². The molecule has 1 aliphatic rings. The third-order valence-corrected chi connectivity index (χ3v) is 4.74. The molecule has 2 unspecified atom stereocenters. The number of thiophene rings is 1. The van der Waals surface area contributed by atoms with E-state index < -0.39 is 0 Å². The van der Waals surface area contributed by atoms with Gasteiger partial charge in [-0.3, -0.25) is 4.90 Å². The van der Waals surface area contributed by atoms with E-state index in [2.05, 4.69) is 17.9 Å². The van der Waals surface area contributed by atoms with Crippen LogP contribution in [0.1, 0.15) is 18.2 Å². The Morgan fingerprint density at radius 3 is 2.93 bits per heavy atom. The van der Waals surface area contributed by atoms with E-state index in [4.69, 9.17) is 23.2 Å². The number of nitrogens with zero attached hydrogens (tertiary/aromatic N) is 1. The molecule has 15 heavy (non-hydrogen) atoms. The van der Waals surface area contributed by atoms with Crippen molar-refractivity contribution in [3.8, 4) is 0 Å². The number of hydrogen-bond donors (Lipinski definition) is 0. The molecule has 0 saturated carbocycles. The van der Waals surface area contributed by atoms with Gasteiger partial charge in [0.1, 0.15) is 0 Å². The fraction of sp³-hybridized carbons (Fsp3) is 0.636. The number of rotatable bonds is 2. The molecular weight excluding hydrogens is 249 g/mol. The van der Waals surface area contributed by atoms with Crippen molar-refractivity contribution in [2.75, 3.05) is 13.1 Å². The summed E-state index contributed by atoms with van der Waals surface area (Å²) in [4.78, 5) is 3.75. The van der Waals surface area contributed by atoms with Gasteiger partial charge in [0.15, 0.2) is 0 Å². The van der Waals surface area contributed by atoms with Crippen LogP contribution in [-0.4, -0.2) is 23.4 Å². The van der Waals surface area contributed by atoms with Gasteiger partial charge in [0.2, 0.25) is 0 Å². The van der Waals surface area contributed by atoms with E-state index in [1.54, 1.807) is 11.3 Å². The van der Waals surface area contributed by atoms with Crippen LogP contribution in [-0.2, 0) is 6.54 Å². The molecule has 2 atom stereocenters. The minimum Gasteiger partial charge on any atom is -0.297 e. The van der Waals surface area contributed by atoms with Crippen molar-refractivity contribution in [3.63, 3.8) is 0 Å². The standard InChI is InChI=1S/C11H15Cl2NS/c1-8-4-5-14(7-10(8)12)6-9-2-3-11(13)15-9/h2-3,8,10H,4-7H2,1H3. The summed E-state index contributed by atoms with van der Waals surface area (Å²) < 4.78 is 0.873. The van der Waals surface area contributed by atoms with E-state index in [1.165, 1.54) is 11.3 Å². The SMILES string of the molecule is CC1CCN(Cc2ccc(Cl)s2)CC1Cl. The highest BCUT2D eigenvalue weighted by Crippen LogP contribution is 2.26. The normalized spacial score (nSPS) is 28.2. The Labute approximate surface area is 105 Å². The van der Waals surface area contributed by atoms with E-state index in [1.807, 2.05) is 6.07 Å². The number of alkyl halides is 1. The number of piperidine rings is 1. The van der Waals surface area contributed by atoms with Gasteiger partial charge in [-0.05, 0) is 31.0 Å². The van der Waals surface area contributed by atoms with Crippen molar-refractivity contribution < 1.29 is 0 Å². The highest BCUT2D eigenvalue weighted by molar-refractivity contribution is 7.16. The van der Waals surface area contributed by atoms with Crippen molar-refractivity contribution in [1.29, 1.82) is 0 Å². The van der Waals surface area contributed by atoms with Crippen molar-refractivity contribution in [1.82, 2.24) is 4.90 Å². The predicted molar refractivity (Wildman–Crippen MR) is 68.0 cm³/mol. The molecule has 0 aromatic carbocycles. The van der Waals surface area contributed by atoms with Crippen LogP contribution in [0.15, 0.2) is 12.1 Å². The van der Waals surface area contributed by atoms with E-state index in [-0.39, 0.29) is 0 Å². The highest BCUT2D eigenvalue weighted by atomic mass is 35.5. The van der Waals surface area contributed by atoms with Crippen LogP contribution in [0, 0.1) is 5.92 Å². The summed E-state index contributed by atoms with van der Waals surface area (Å²) in [5, 5.41) is 0.300. The van der Waals surface area contributed by atoms with Crippen LogP contribution >= 0.6 is 34.5 Å². The fourth-order valence-electron chi connectivity index (χ4n) is 1.89. The molecule has 0 radical (unpaired) electrons. The highest BCUT2D eigenvalue weighted by Gasteiger charge is 2.24. The molecule has 1 aromatic heterocycles. The fourth-order valence-corrected chi connectivity index (χ4v) is 3.34. The number of hydrogen-bond acceptors (Lipinski definition) is 2. The van der Waals surface area contributed by atoms with Gasteiger partial charge in [-0.2, -0.15) is 0 Å². The summed E-state index contributed by atoms with van der Waals surface area (Å²) in [6.45, 7) is 5.38. The molecule has 2 rings (SSSR count). The lowest BCUT2D eigenvalue weighted by molar-refractivity contribution is 0.191. The molecule has 0 spiro atoms. The zero-order valence-electron chi connectivity index (χ0n) is 8.75. The van der Waals surface area contributed by atoms with Gasteiger partial charge in [-0.1, -0.05) is 18.5 Å². The number of likely N-dealkylation sites (tertiary alicyclic amines) is 1.